The van der Waals surface area contributed by atoms with Gasteiger partial charge in [-0.2, -0.15) is 0 Å². The molecular weight excluding hydrogens is 273 g/mol. The van der Waals surface area contributed by atoms with Crippen molar-refractivity contribution in [2.75, 3.05) is 6.54 Å². The second-order valence-corrected chi connectivity index (χ2v) is 5.00. The number of aliphatic carboxylic acids is 1. The molecule has 0 saturated heterocycles. The van der Waals surface area contributed by atoms with E-state index in [1.807, 2.05) is 0 Å². The van der Waals surface area contributed by atoms with Crippen LogP contribution in [-0.4, -0.2) is 23.5 Å². The molecule has 19 heavy (non-hydrogen) atoms. The largest absolute Gasteiger partial charge is 0.480 e. The van der Waals surface area contributed by atoms with Gasteiger partial charge in [-0.05, 0) is 31.4 Å². The first kappa shape index (κ1) is 13.8. The Balaban J connectivity index is 1.91. The maximum atomic E-state index is 13.5. The van der Waals surface area contributed by atoms with Gasteiger partial charge in [0.1, 0.15) is 11.2 Å². The van der Waals surface area contributed by atoms with Gasteiger partial charge in [-0.3, -0.25) is 9.59 Å². The summed E-state index contributed by atoms with van der Waals surface area (Å²) in [4.78, 5) is 22.6. The second-order valence-electron chi connectivity index (χ2n) is 4.59. The minimum atomic E-state index is -1.26. The molecule has 1 aromatic rings. The Morgan fingerprint density at radius 1 is 1.42 bits per heavy atom. The lowest BCUT2D eigenvalue weighted by molar-refractivity contribution is -0.149. The molecule has 1 fully saturated rings. The molecule has 0 bridgehead atoms. The Morgan fingerprint density at radius 2 is 2.11 bits per heavy atom. The van der Waals surface area contributed by atoms with Gasteiger partial charge in [-0.1, -0.05) is 17.7 Å². The molecule has 0 unspecified atom stereocenters. The van der Waals surface area contributed by atoms with Crippen LogP contribution in [0.5, 0.6) is 0 Å². The fourth-order valence-corrected chi connectivity index (χ4v) is 2.16. The van der Waals surface area contributed by atoms with Crippen molar-refractivity contribution < 1.29 is 19.1 Å². The smallest absolute Gasteiger partial charge is 0.319 e. The third-order valence-electron chi connectivity index (χ3n) is 3.32. The maximum absolute atomic E-state index is 13.5. The highest BCUT2D eigenvalue weighted by molar-refractivity contribution is 6.31. The summed E-state index contributed by atoms with van der Waals surface area (Å²) >= 11 is 5.85. The van der Waals surface area contributed by atoms with Crippen molar-refractivity contribution in [2.45, 2.75) is 19.3 Å². The zero-order chi connectivity index (χ0) is 14.0. The first-order valence-corrected chi connectivity index (χ1v) is 6.30. The van der Waals surface area contributed by atoms with E-state index in [1.54, 1.807) is 6.07 Å². The molecule has 1 saturated carbocycles. The van der Waals surface area contributed by atoms with Crippen molar-refractivity contribution in [3.8, 4) is 0 Å². The number of carbonyl (C=O) groups excluding carboxylic acids is 1. The fourth-order valence-electron chi connectivity index (χ4n) is 1.90. The van der Waals surface area contributed by atoms with Crippen LogP contribution in [0.25, 0.3) is 0 Å². The Bertz CT molecular complexity index is 508. The molecule has 0 spiro atoms. The Kier molecular flexibility index (Phi) is 3.75. The van der Waals surface area contributed by atoms with Crippen molar-refractivity contribution in [2.24, 2.45) is 5.41 Å². The Morgan fingerprint density at radius 3 is 2.63 bits per heavy atom. The normalized spacial score (nSPS) is 15.9. The van der Waals surface area contributed by atoms with Crippen molar-refractivity contribution in [3.63, 3.8) is 0 Å². The number of carboxylic acids is 1. The van der Waals surface area contributed by atoms with Crippen molar-refractivity contribution in [3.05, 3.63) is 34.6 Å². The first-order valence-electron chi connectivity index (χ1n) is 5.92. The van der Waals surface area contributed by atoms with Crippen LogP contribution in [0, 0.1) is 11.2 Å². The van der Waals surface area contributed by atoms with E-state index in [0.29, 0.717) is 23.4 Å². The molecule has 4 nitrogen and oxygen atoms in total. The van der Waals surface area contributed by atoms with Crippen LogP contribution in [0.15, 0.2) is 18.2 Å². The molecule has 1 amide bonds. The van der Waals surface area contributed by atoms with Gasteiger partial charge >= 0.3 is 5.97 Å². The van der Waals surface area contributed by atoms with E-state index in [0.717, 1.165) is 0 Å². The Labute approximate surface area is 114 Å². The molecule has 2 N–H and O–H groups in total. The summed E-state index contributed by atoms with van der Waals surface area (Å²) in [5.41, 5.74) is -0.941. The number of carbonyl (C=O) groups is 2. The minimum Gasteiger partial charge on any atom is -0.480 e. The highest BCUT2D eigenvalue weighted by Gasteiger charge is 2.56. The second kappa shape index (κ2) is 5.17. The van der Waals surface area contributed by atoms with Gasteiger partial charge in [0.25, 0.3) is 0 Å². The monoisotopic (exact) mass is 285 g/mol. The third-order valence-corrected chi connectivity index (χ3v) is 3.67. The van der Waals surface area contributed by atoms with E-state index >= 15 is 0 Å². The van der Waals surface area contributed by atoms with Gasteiger partial charge < -0.3 is 10.4 Å². The number of hydrogen-bond acceptors (Lipinski definition) is 2. The van der Waals surface area contributed by atoms with Crippen LogP contribution in [-0.2, 0) is 16.0 Å². The average molecular weight is 286 g/mol. The van der Waals surface area contributed by atoms with Gasteiger partial charge in [-0.25, -0.2) is 4.39 Å². The number of hydrogen-bond donors (Lipinski definition) is 2. The van der Waals surface area contributed by atoms with E-state index < -0.39 is 23.1 Å². The van der Waals surface area contributed by atoms with Crippen LogP contribution < -0.4 is 5.32 Å². The van der Waals surface area contributed by atoms with E-state index in [2.05, 4.69) is 5.32 Å². The van der Waals surface area contributed by atoms with Crippen molar-refractivity contribution >= 4 is 23.5 Å². The van der Waals surface area contributed by atoms with Gasteiger partial charge in [0.05, 0.1) is 0 Å². The lowest BCUT2D eigenvalue weighted by atomic mass is 10.1. The predicted octanol–water partition coefficient (Wildman–Crippen LogP) is 2.00. The summed E-state index contributed by atoms with van der Waals surface area (Å²) in [5, 5.41) is 11.8. The molecule has 6 heteroatoms. The first-order chi connectivity index (χ1) is 8.97. The number of nitrogens with one attached hydrogen (secondary N) is 1. The van der Waals surface area contributed by atoms with Gasteiger partial charge in [0.15, 0.2) is 0 Å². The minimum absolute atomic E-state index is 0.161. The number of rotatable bonds is 5. The molecule has 0 aromatic heterocycles. The van der Waals surface area contributed by atoms with Crippen molar-refractivity contribution in [1.82, 2.24) is 5.32 Å². The lowest BCUT2D eigenvalue weighted by Crippen LogP contribution is -2.38. The molecule has 0 aliphatic heterocycles. The molecule has 0 atom stereocenters. The SMILES string of the molecule is O=C(O)C1(C(=O)NCCc2c(F)cccc2Cl)CC1. The molecule has 1 aliphatic rings. The van der Waals surface area contributed by atoms with Gasteiger partial charge in [0.2, 0.25) is 5.91 Å². The molecule has 2 rings (SSSR count). The summed E-state index contributed by atoms with van der Waals surface area (Å²) in [7, 11) is 0. The zero-order valence-electron chi connectivity index (χ0n) is 10.1. The summed E-state index contributed by atoms with van der Waals surface area (Å²) in [6.45, 7) is 0.161. The molecular formula is C13H13ClFNO3. The molecule has 1 aromatic carbocycles. The standard InChI is InChI=1S/C13H13ClFNO3/c14-9-2-1-3-10(15)8(9)4-7-16-11(17)13(5-6-13)12(18)19/h1-3H,4-7H2,(H,16,17)(H,18,19). The highest BCUT2D eigenvalue weighted by atomic mass is 35.5. The number of amides is 1. The predicted molar refractivity (Wildman–Crippen MR) is 67.4 cm³/mol. The lowest BCUT2D eigenvalue weighted by Gasteiger charge is -2.11. The Hall–Kier alpha value is -1.62. The number of carboxylic acid groups (broad SMARTS) is 1. The van der Waals surface area contributed by atoms with E-state index in [4.69, 9.17) is 16.7 Å². The average Bonchev–Trinajstić information content (AvgIpc) is 3.14. The molecule has 0 radical (unpaired) electrons. The van der Waals surface area contributed by atoms with Gasteiger partial charge in [-0.15, -0.1) is 0 Å². The quantitative estimate of drug-likeness (QED) is 0.813. The number of benzene rings is 1. The van der Waals surface area contributed by atoms with Gasteiger partial charge in [0, 0.05) is 17.1 Å². The fraction of sp³-hybridized carbons (Fsp3) is 0.385. The van der Waals surface area contributed by atoms with Crippen LogP contribution in [0.1, 0.15) is 18.4 Å². The third kappa shape index (κ3) is 2.71. The van der Waals surface area contributed by atoms with E-state index in [1.165, 1.54) is 12.1 Å². The molecule has 1 aliphatic carbocycles. The summed E-state index contributed by atoms with van der Waals surface area (Å²) in [6.07, 6.45) is 0.941. The number of halogens is 2. The van der Waals surface area contributed by atoms with Crippen LogP contribution in [0.2, 0.25) is 5.02 Å². The topological polar surface area (TPSA) is 66.4 Å². The van der Waals surface area contributed by atoms with Crippen LogP contribution in [0.3, 0.4) is 0 Å². The molecule has 0 heterocycles. The summed E-state index contributed by atoms with van der Waals surface area (Å²) in [5.74, 6) is -2.04. The van der Waals surface area contributed by atoms with Crippen LogP contribution >= 0.6 is 11.6 Å². The van der Waals surface area contributed by atoms with Crippen LogP contribution in [0.4, 0.5) is 4.39 Å². The van der Waals surface area contributed by atoms with E-state index in [-0.39, 0.29) is 13.0 Å². The zero-order valence-corrected chi connectivity index (χ0v) is 10.8. The maximum Gasteiger partial charge on any atom is 0.319 e. The molecule has 102 valence electrons. The summed E-state index contributed by atoms with van der Waals surface area (Å²) in [6, 6.07) is 4.37. The highest BCUT2D eigenvalue weighted by Crippen LogP contribution is 2.46. The summed E-state index contributed by atoms with van der Waals surface area (Å²) < 4.78 is 13.5. The van der Waals surface area contributed by atoms with E-state index in [9.17, 15) is 14.0 Å². The van der Waals surface area contributed by atoms with Crippen molar-refractivity contribution in [1.29, 1.82) is 0 Å².